The standard InChI is InChI=1S/C11H16N2O3/c1-7-4-2-3-5-8(7)13-10(15)6-9(14)12-11(13)16/h7-8H,2-6H2,1H3,(H,12,14,16). The number of nitrogens with one attached hydrogen (secondary N) is 1. The van der Waals surface area contributed by atoms with Crippen molar-refractivity contribution in [3.8, 4) is 0 Å². The normalized spacial score (nSPS) is 31.6. The van der Waals surface area contributed by atoms with E-state index in [1.165, 1.54) is 4.90 Å². The molecule has 0 radical (unpaired) electrons. The number of imide groups is 2. The summed E-state index contributed by atoms with van der Waals surface area (Å²) in [7, 11) is 0. The topological polar surface area (TPSA) is 66.5 Å². The minimum absolute atomic E-state index is 0.0330. The van der Waals surface area contributed by atoms with Gasteiger partial charge in [0.15, 0.2) is 0 Å². The molecule has 2 rings (SSSR count). The van der Waals surface area contributed by atoms with Crippen molar-refractivity contribution in [2.24, 2.45) is 5.92 Å². The summed E-state index contributed by atoms with van der Waals surface area (Å²) < 4.78 is 0. The van der Waals surface area contributed by atoms with Crippen LogP contribution in [0.4, 0.5) is 4.79 Å². The van der Waals surface area contributed by atoms with Crippen LogP contribution in [0.25, 0.3) is 0 Å². The molecule has 0 spiro atoms. The number of urea groups is 1. The predicted octanol–water partition coefficient (Wildman–Crippen LogP) is 1.03. The quantitative estimate of drug-likeness (QED) is 0.676. The SMILES string of the molecule is CC1CCCCC1N1C(=O)CC(=O)NC1=O. The molecular weight excluding hydrogens is 208 g/mol. The van der Waals surface area contributed by atoms with Gasteiger partial charge in [-0.05, 0) is 18.8 Å². The van der Waals surface area contributed by atoms with Crippen LogP contribution < -0.4 is 5.32 Å². The molecular formula is C11H16N2O3. The second-order valence-corrected chi connectivity index (χ2v) is 4.62. The van der Waals surface area contributed by atoms with Crippen molar-refractivity contribution in [2.45, 2.75) is 45.1 Å². The van der Waals surface area contributed by atoms with Crippen LogP contribution in [0.5, 0.6) is 0 Å². The van der Waals surface area contributed by atoms with Crippen molar-refractivity contribution in [3.63, 3.8) is 0 Å². The summed E-state index contributed by atoms with van der Waals surface area (Å²) in [6, 6.07) is -0.575. The summed E-state index contributed by atoms with van der Waals surface area (Å²) in [6.45, 7) is 2.06. The molecule has 88 valence electrons. The monoisotopic (exact) mass is 224 g/mol. The lowest BCUT2D eigenvalue weighted by Crippen LogP contribution is -2.58. The predicted molar refractivity (Wildman–Crippen MR) is 56.4 cm³/mol. The van der Waals surface area contributed by atoms with Gasteiger partial charge in [-0.1, -0.05) is 19.8 Å². The van der Waals surface area contributed by atoms with E-state index in [9.17, 15) is 14.4 Å². The van der Waals surface area contributed by atoms with Crippen LogP contribution >= 0.6 is 0 Å². The first-order valence-electron chi connectivity index (χ1n) is 5.75. The minimum Gasteiger partial charge on any atom is -0.277 e. The molecule has 4 amide bonds. The molecule has 1 saturated heterocycles. The zero-order valence-electron chi connectivity index (χ0n) is 9.36. The Balaban J connectivity index is 2.15. The Morgan fingerprint density at radius 2 is 1.88 bits per heavy atom. The Labute approximate surface area is 94.2 Å². The van der Waals surface area contributed by atoms with E-state index >= 15 is 0 Å². The van der Waals surface area contributed by atoms with E-state index in [1.807, 2.05) is 0 Å². The molecule has 2 aliphatic rings. The van der Waals surface area contributed by atoms with Gasteiger partial charge in [-0.2, -0.15) is 0 Å². The number of carbonyl (C=O) groups is 3. The average Bonchev–Trinajstić information content (AvgIpc) is 2.19. The maximum atomic E-state index is 11.7. The molecule has 2 fully saturated rings. The van der Waals surface area contributed by atoms with E-state index in [0.717, 1.165) is 25.7 Å². The smallest absolute Gasteiger partial charge is 0.277 e. The van der Waals surface area contributed by atoms with E-state index in [2.05, 4.69) is 12.2 Å². The molecule has 1 saturated carbocycles. The fourth-order valence-electron chi connectivity index (χ4n) is 2.58. The van der Waals surface area contributed by atoms with Crippen LogP contribution in [0.1, 0.15) is 39.0 Å². The van der Waals surface area contributed by atoms with Crippen LogP contribution in [-0.4, -0.2) is 28.8 Å². The number of barbiturate groups is 1. The van der Waals surface area contributed by atoms with Crippen LogP contribution in [-0.2, 0) is 9.59 Å². The van der Waals surface area contributed by atoms with Crippen LogP contribution in [0.3, 0.4) is 0 Å². The molecule has 5 heteroatoms. The third kappa shape index (κ3) is 1.94. The zero-order chi connectivity index (χ0) is 11.7. The highest BCUT2D eigenvalue weighted by Crippen LogP contribution is 2.29. The summed E-state index contributed by atoms with van der Waals surface area (Å²) >= 11 is 0. The Hall–Kier alpha value is -1.39. The molecule has 16 heavy (non-hydrogen) atoms. The van der Waals surface area contributed by atoms with E-state index in [0.29, 0.717) is 5.92 Å². The second kappa shape index (κ2) is 4.23. The first-order chi connectivity index (χ1) is 7.59. The van der Waals surface area contributed by atoms with Crippen molar-refractivity contribution >= 4 is 17.8 Å². The lowest BCUT2D eigenvalue weighted by atomic mass is 9.84. The van der Waals surface area contributed by atoms with Gasteiger partial charge in [-0.15, -0.1) is 0 Å². The number of amides is 4. The Kier molecular flexibility index (Phi) is 2.94. The molecule has 0 aromatic carbocycles. The molecule has 2 atom stereocenters. The van der Waals surface area contributed by atoms with Gasteiger partial charge in [0.05, 0.1) is 0 Å². The van der Waals surface area contributed by atoms with Gasteiger partial charge >= 0.3 is 6.03 Å². The highest BCUT2D eigenvalue weighted by atomic mass is 16.2. The first-order valence-corrected chi connectivity index (χ1v) is 5.75. The maximum absolute atomic E-state index is 11.7. The van der Waals surface area contributed by atoms with Gasteiger partial charge in [0, 0.05) is 6.04 Å². The van der Waals surface area contributed by atoms with Crippen LogP contribution in [0, 0.1) is 5.92 Å². The third-order valence-electron chi connectivity index (χ3n) is 3.44. The lowest BCUT2D eigenvalue weighted by Gasteiger charge is -2.38. The largest absolute Gasteiger partial charge is 0.331 e. The molecule has 0 bridgehead atoms. The Bertz CT molecular complexity index is 320. The summed E-state index contributed by atoms with van der Waals surface area (Å²) in [5.74, 6) is -0.515. The van der Waals surface area contributed by atoms with E-state index in [1.54, 1.807) is 0 Å². The highest BCUT2D eigenvalue weighted by molar-refractivity contribution is 6.14. The van der Waals surface area contributed by atoms with Crippen molar-refractivity contribution in [2.75, 3.05) is 0 Å². The molecule has 0 aromatic heterocycles. The van der Waals surface area contributed by atoms with Crippen LogP contribution in [0.15, 0.2) is 0 Å². The molecule has 1 heterocycles. The summed E-state index contributed by atoms with van der Waals surface area (Å²) in [5, 5.41) is 2.20. The summed E-state index contributed by atoms with van der Waals surface area (Å²) in [5.41, 5.74) is 0. The van der Waals surface area contributed by atoms with Crippen molar-refractivity contribution in [1.29, 1.82) is 0 Å². The average molecular weight is 224 g/mol. The van der Waals surface area contributed by atoms with E-state index in [4.69, 9.17) is 0 Å². The molecule has 0 aromatic rings. The number of nitrogens with zero attached hydrogens (tertiary/aromatic N) is 1. The zero-order valence-corrected chi connectivity index (χ0v) is 9.36. The van der Waals surface area contributed by atoms with Crippen molar-refractivity contribution < 1.29 is 14.4 Å². The van der Waals surface area contributed by atoms with Gasteiger partial charge in [0.25, 0.3) is 0 Å². The van der Waals surface area contributed by atoms with Gasteiger partial charge in [-0.25, -0.2) is 4.79 Å². The third-order valence-corrected chi connectivity index (χ3v) is 3.44. The molecule has 5 nitrogen and oxygen atoms in total. The lowest BCUT2D eigenvalue weighted by molar-refractivity contribution is -0.138. The minimum atomic E-state index is -0.542. The van der Waals surface area contributed by atoms with Crippen molar-refractivity contribution in [3.05, 3.63) is 0 Å². The number of rotatable bonds is 1. The molecule has 1 N–H and O–H groups in total. The van der Waals surface area contributed by atoms with Crippen LogP contribution in [0.2, 0.25) is 0 Å². The summed E-state index contributed by atoms with van der Waals surface area (Å²) in [4.78, 5) is 35.6. The molecule has 1 aliphatic heterocycles. The Morgan fingerprint density at radius 3 is 2.50 bits per heavy atom. The first kappa shape index (κ1) is 11.1. The maximum Gasteiger partial charge on any atom is 0.331 e. The Morgan fingerprint density at radius 1 is 1.19 bits per heavy atom. The van der Waals surface area contributed by atoms with E-state index < -0.39 is 11.9 Å². The van der Waals surface area contributed by atoms with Gasteiger partial charge in [-0.3, -0.25) is 19.8 Å². The number of carbonyl (C=O) groups excluding carboxylic acids is 3. The summed E-state index contributed by atoms with van der Waals surface area (Å²) in [6.07, 6.45) is 3.89. The molecule has 1 aliphatic carbocycles. The number of hydrogen-bond donors (Lipinski definition) is 1. The number of hydrogen-bond acceptors (Lipinski definition) is 3. The van der Waals surface area contributed by atoms with Gasteiger partial charge in [0.1, 0.15) is 6.42 Å². The second-order valence-electron chi connectivity index (χ2n) is 4.62. The fraction of sp³-hybridized carbons (Fsp3) is 0.727. The highest BCUT2D eigenvalue weighted by Gasteiger charge is 2.38. The fourth-order valence-corrected chi connectivity index (χ4v) is 2.58. The van der Waals surface area contributed by atoms with E-state index in [-0.39, 0.29) is 18.4 Å². The van der Waals surface area contributed by atoms with Crippen molar-refractivity contribution in [1.82, 2.24) is 10.2 Å². The van der Waals surface area contributed by atoms with Gasteiger partial charge in [0.2, 0.25) is 11.8 Å². The molecule has 2 unspecified atom stereocenters. The van der Waals surface area contributed by atoms with Gasteiger partial charge < -0.3 is 0 Å².